The number of carbonyl (C=O) groups is 1. The van der Waals surface area contributed by atoms with Crippen LogP contribution in [-0.2, 0) is 6.42 Å². The lowest BCUT2D eigenvalue weighted by Gasteiger charge is -2.09. The lowest BCUT2D eigenvalue weighted by atomic mass is 10.1. The number of rotatable bonds is 5. The molecule has 0 fully saturated rings. The maximum atomic E-state index is 11.7. The molecule has 0 saturated carbocycles. The number of ether oxygens (including phenoxy) is 2. The minimum atomic E-state index is 0.577. The summed E-state index contributed by atoms with van der Waals surface area (Å²) in [6, 6.07) is 5.55. The van der Waals surface area contributed by atoms with Gasteiger partial charge in [0.1, 0.15) is 11.4 Å². The van der Waals surface area contributed by atoms with E-state index < -0.39 is 0 Å². The van der Waals surface area contributed by atoms with Crippen molar-refractivity contribution in [2.75, 3.05) is 14.2 Å². The third-order valence-corrected chi connectivity index (χ3v) is 4.90. The van der Waals surface area contributed by atoms with Crippen LogP contribution in [0.5, 0.6) is 11.5 Å². The number of methoxy groups -OCH3 is 2. The van der Waals surface area contributed by atoms with Crippen molar-refractivity contribution >= 4 is 22.6 Å². The molecular weight excluding hydrogens is 312 g/mol. The van der Waals surface area contributed by atoms with Crippen molar-refractivity contribution in [3.8, 4) is 22.8 Å². The highest BCUT2D eigenvalue weighted by atomic mass is 32.1. The minimum absolute atomic E-state index is 0.577. The number of imidazole rings is 1. The number of aldehydes is 1. The zero-order chi connectivity index (χ0) is 16.6. The molecule has 0 aliphatic carbocycles. The van der Waals surface area contributed by atoms with Crippen LogP contribution in [0.4, 0.5) is 0 Å². The molecule has 23 heavy (non-hydrogen) atoms. The van der Waals surface area contributed by atoms with Crippen LogP contribution >= 0.6 is 11.3 Å². The summed E-state index contributed by atoms with van der Waals surface area (Å²) < 4.78 is 12.6. The number of carbonyl (C=O) groups excluding carboxylic acids is 1. The van der Waals surface area contributed by atoms with E-state index in [4.69, 9.17) is 9.47 Å². The summed E-state index contributed by atoms with van der Waals surface area (Å²) in [6.45, 7) is 4.14. The zero-order valence-corrected chi connectivity index (χ0v) is 14.4. The predicted molar refractivity (Wildman–Crippen MR) is 91.1 cm³/mol. The first-order valence-electron chi connectivity index (χ1n) is 7.32. The van der Waals surface area contributed by atoms with Gasteiger partial charge in [-0.2, -0.15) is 0 Å². The van der Waals surface area contributed by atoms with Crippen LogP contribution in [-0.4, -0.2) is 29.9 Å². The lowest BCUT2D eigenvalue weighted by Crippen LogP contribution is -1.97. The van der Waals surface area contributed by atoms with Crippen LogP contribution in [0.1, 0.15) is 28.0 Å². The molecule has 0 aliphatic heterocycles. The molecule has 0 bridgehead atoms. The molecule has 2 aromatic heterocycles. The van der Waals surface area contributed by atoms with Crippen LogP contribution in [0, 0.1) is 6.92 Å². The van der Waals surface area contributed by atoms with E-state index in [0.717, 1.165) is 28.9 Å². The Morgan fingerprint density at radius 3 is 2.61 bits per heavy atom. The van der Waals surface area contributed by atoms with Crippen molar-refractivity contribution in [2.45, 2.75) is 20.3 Å². The van der Waals surface area contributed by atoms with E-state index >= 15 is 0 Å². The summed E-state index contributed by atoms with van der Waals surface area (Å²) in [5.74, 6) is 1.26. The van der Waals surface area contributed by atoms with E-state index in [9.17, 15) is 4.79 Å². The number of nitrogens with zero attached hydrogens (tertiary/aromatic N) is 2. The molecule has 5 nitrogen and oxygen atoms in total. The number of benzene rings is 1. The summed E-state index contributed by atoms with van der Waals surface area (Å²) in [4.78, 5) is 18.4. The molecule has 0 saturated heterocycles. The fourth-order valence-electron chi connectivity index (χ4n) is 2.81. The molecule has 120 valence electrons. The summed E-state index contributed by atoms with van der Waals surface area (Å²) >= 11 is 1.60. The quantitative estimate of drug-likeness (QED) is 0.668. The SMILES string of the molecule is CCc1c(C)sc2nc(-c3ccc(OC)c(OC)c3)c(C=O)n12. The molecule has 0 unspecified atom stereocenters. The summed E-state index contributed by atoms with van der Waals surface area (Å²) in [5.41, 5.74) is 3.21. The Hall–Kier alpha value is -2.34. The van der Waals surface area contributed by atoms with Gasteiger partial charge in [-0.25, -0.2) is 4.98 Å². The molecule has 0 atom stereocenters. The molecule has 1 aromatic carbocycles. The highest BCUT2D eigenvalue weighted by Crippen LogP contribution is 2.35. The van der Waals surface area contributed by atoms with E-state index in [1.54, 1.807) is 25.6 Å². The number of hydrogen-bond donors (Lipinski definition) is 0. The third-order valence-electron chi connectivity index (χ3n) is 3.91. The van der Waals surface area contributed by atoms with Gasteiger partial charge in [0.2, 0.25) is 0 Å². The van der Waals surface area contributed by atoms with E-state index in [1.165, 1.54) is 4.88 Å². The van der Waals surface area contributed by atoms with Crippen LogP contribution in [0.2, 0.25) is 0 Å². The highest BCUT2D eigenvalue weighted by Gasteiger charge is 2.20. The van der Waals surface area contributed by atoms with Crippen molar-refractivity contribution in [1.82, 2.24) is 9.38 Å². The molecule has 2 heterocycles. The standard InChI is InChI=1S/C17H18N2O3S/c1-5-12-10(2)23-17-18-16(13(9-20)19(12)17)11-6-7-14(21-3)15(8-11)22-4/h6-9H,5H2,1-4H3. The van der Waals surface area contributed by atoms with E-state index in [0.29, 0.717) is 22.9 Å². The Bertz CT molecular complexity index is 880. The predicted octanol–water partition coefficient (Wildman–Crippen LogP) is 3.76. The topological polar surface area (TPSA) is 52.8 Å². The van der Waals surface area contributed by atoms with Gasteiger partial charge >= 0.3 is 0 Å². The van der Waals surface area contributed by atoms with Crippen LogP contribution in [0.25, 0.3) is 16.2 Å². The van der Waals surface area contributed by atoms with Gasteiger partial charge in [-0.3, -0.25) is 9.20 Å². The average molecular weight is 330 g/mol. The fraction of sp³-hybridized carbons (Fsp3) is 0.294. The first-order chi connectivity index (χ1) is 11.1. The molecule has 6 heteroatoms. The Balaban J connectivity index is 2.24. The second-order valence-corrected chi connectivity index (χ2v) is 6.29. The first-order valence-corrected chi connectivity index (χ1v) is 8.14. The minimum Gasteiger partial charge on any atom is -0.493 e. The number of aryl methyl sites for hydroxylation is 2. The zero-order valence-electron chi connectivity index (χ0n) is 13.5. The fourth-order valence-corrected chi connectivity index (χ4v) is 3.87. The van der Waals surface area contributed by atoms with Gasteiger partial charge < -0.3 is 9.47 Å². The summed E-state index contributed by atoms with van der Waals surface area (Å²) in [5, 5.41) is 0. The third kappa shape index (κ3) is 2.39. The van der Waals surface area contributed by atoms with Gasteiger partial charge in [0.15, 0.2) is 22.7 Å². The van der Waals surface area contributed by atoms with Gasteiger partial charge in [0.25, 0.3) is 0 Å². The Kier molecular flexibility index (Phi) is 4.09. The van der Waals surface area contributed by atoms with Gasteiger partial charge in [-0.1, -0.05) is 6.92 Å². The van der Waals surface area contributed by atoms with Crippen molar-refractivity contribution in [2.24, 2.45) is 0 Å². The van der Waals surface area contributed by atoms with Gasteiger partial charge in [0.05, 0.1) is 14.2 Å². The van der Waals surface area contributed by atoms with Gasteiger partial charge in [-0.15, -0.1) is 11.3 Å². The average Bonchev–Trinajstić information content (AvgIpc) is 3.07. The number of aromatic nitrogens is 2. The molecule has 0 aliphatic rings. The molecule has 0 N–H and O–H groups in total. The van der Waals surface area contributed by atoms with E-state index in [2.05, 4.69) is 18.8 Å². The molecule has 3 aromatic rings. The lowest BCUT2D eigenvalue weighted by molar-refractivity contribution is 0.111. The van der Waals surface area contributed by atoms with Crippen molar-refractivity contribution in [3.05, 3.63) is 34.5 Å². The normalized spacial score (nSPS) is 11.0. The van der Waals surface area contributed by atoms with Crippen molar-refractivity contribution < 1.29 is 14.3 Å². The van der Waals surface area contributed by atoms with Crippen LogP contribution in [0.15, 0.2) is 18.2 Å². The largest absolute Gasteiger partial charge is 0.493 e. The maximum Gasteiger partial charge on any atom is 0.195 e. The van der Waals surface area contributed by atoms with Crippen molar-refractivity contribution in [1.29, 1.82) is 0 Å². The van der Waals surface area contributed by atoms with E-state index in [-0.39, 0.29) is 0 Å². The molecule has 0 spiro atoms. The van der Waals surface area contributed by atoms with E-state index in [1.807, 2.05) is 22.6 Å². The maximum absolute atomic E-state index is 11.7. The monoisotopic (exact) mass is 330 g/mol. The molecule has 0 amide bonds. The van der Waals surface area contributed by atoms with Crippen LogP contribution < -0.4 is 9.47 Å². The molecule has 0 radical (unpaired) electrons. The van der Waals surface area contributed by atoms with Gasteiger partial charge in [-0.05, 0) is 31.5 Å². The number of fused-ring (bicyclic) bond motifs is 1. The summed E-state index contributed by atoms with van der Waals surface area (Å²) in [6.07, 6.45) is 1.73. The second-order valence-electron chi connectivity index (χ2n) is 5.11. The Morgan fingerprint density at radius 2 is 2.00 bits per heavy atom. The first kappa shape index (κ1) is 15.6. The number of thiazole rings is 1. The Morgan fingerprint density at radius 1 is 1.26 bits per heavy atom. The molecular formula is C17H18N2O3S. The second kappa shape index (κ2) is 6.04. The van der Waals surface area contributed by atoms with Gasteiger partial charge in [0, 0.05) is 16.1 Å². The number of hydrogen-bond acceptors (Lipinski definition) is 5. The Labute approximate surface area is 138 Å². The van der Waals surface area contributed by atoms with Crippen LogP contribution in [0.3, 0.4) is 0 Å². The smallest absolute Gasteiger partial charge is 0.195 e. The highest BCUT2D eigenvalue weighted by molar-refractivity contribution is 7.17. The summed E-state index contributed by atoms with van der Waals surface area (Å²) in [7, 11) is 3.18. The molecule has 3 rings (SSSR count). The van der Waals surface area contributed by atoms with Crippen molar-refractivity contribution in [3.63, 3.8) is 0 Å².